The summed E-state index contributed by atoms with van der Waals surface area (Å²) < 4.78 is 25.9. The maximum atomic E-state index is 12.1. The van der Waals surface area contributed by atoms with Crippen LogP contribution in [0.5, 0.6) is 0 Å². The molecule has 0 radical (unpaired) electrons. The molecule has 0 spiro atoms. The third-order valence-electron chi connectivity index (χ3n) is 2.50. The molecule has 0 fully saturated rings. The molecule has 21 heavy (non-hydrogen) atoms. The van der Waals surface area contributed by atoms with Gasteiger partial charge in [0.05, 0.1) is 16.7 Å². The number of rotatable bonds is 6. The SMILES string of the molecule is C[C@@H](O)[C@H](NS(=O)(=O)c1cc(C(=O)O)ccc1Cl)C(=O)O. The molecule has 0 bridgehead atoms. The van der Waals surface area contributed by atoms with Gasteiger partial charge in [0.2, 0.25) is 10.0 Å². The Morgan fingerprint density at radius 3 is 2.29 bits per heavy atom. The average molecular weight is 338 g/mol. The van der Waals surface area contributed by atoms with Crippen LogP contribution >= 0.6 is 11.6 Å². The van der Waals surface area contributed by atoms with Gasteiger partial charge < -0.3 is 15.3 Å². The predicted octanol–water partition coefficient (Wildman–Crippen LogP) is 0.150. The molecule has 8 nitrogen and oxygen atoms in total. The van der Waals surface area contributed by atoms with E-state index in [4.69, 9.17) is 21.8 Å². The first-order valence-electron chi connectivity index (χ1n) is 5.52. The Hall–Kier alpha value is -1.68. The molecule has 4 N–H and O–H groups in total. The number of sulfonamides is 1. The second-order valence-electron chi connectivity index (χ2n) is 4.13. The van der Waals surface area contributed by atoms with E-state index >= 15 is 0 Å². The number of carboxylic acid groups (broad SMARTS) is 2. The van der Waals surface area contributed by atoms with Crippen molar-refractivity contribution in [1.29, 1.82) is 0 Å². The fourth-order valence-electron chi connectivity index (χ4n) is 1.43. The Morgan fingerprint density at radius 2 is 1.86 bits per heavy atom. The van der Waals surface area contributed by atoms with Gasteiger partial charge in [-0.3, -0.25) is 4.79 Å². The number of hydrogen-bond acceptors (Lipinski definition) is 5. The van der Waals surface area contributed by atoms with Crippen LogP contribution in [0.1, 0.15) is 17.3 Å². The van der Waals surface area contributed by atoms with Crippen LogP contribution in [0, 0.1) is 0 Å². The van der Waals surface area contributed by atoms with Gasteiger partial charge in [0.15, 0.2) is 0 Å². The Balaban J connectivity index is 3.27. The van der Waals surface area contributed by atoms with Crippen LogP contribution in [0.4, 0.5) is 0 Å². The summed E-state index contributed by atoms with van der Waals surface area (Å²) in [5, 5.41) is 26.7. The molecule has 0 aliphatic heterocycles. The summed E-state index contributed by atoms with van der Waals surface area (Å²) in [5.41, 5.74) is -0.330. The van der Waals surface area contributed by atoms with Crippen molar-refractivity contribution in [3.8, 4) is 0 Å². The zero-order valence-electron chi connectivity index (χ0n) is 10.6. The first-order valence-corrected chi connectivity index (χ1v) is 7.38. The maximum absolute atomic E-state index is 12.1. The Morgan fingerprint density at radius 1 is 1.29 bits per heavy atom. The Labute approximate surface area is 125 Å². The number of aromatic carboxylic acids is 1. The molecular weight excluding hydrogens is 326 g/mol. The minimum atomic E-state index is -4.42. The fraction of sp³-hybridized carbons (Fsp3) is 0.273. The van der Waals surface area contributed by atoms with Gasteiger partial charge in [-0.05, 0) is 25.1 Å². The van der Waals surface area contributed by atoms with Gasteiger partial charge in [-0.15, -0.1) is 0 Å². The zero-order chi connectivity index (χ0) is 16.4. The number of benzene rings is 1. The van der Waals surface area contributed by atoms with E-state index in [1.807, 2.05) is 0 Å². The Bertz CT molecular complexity index is 671. The molecule has 1 aromatic rings. The van der Waals surface area contributed by atoms with Crippen LogP contribution in [0.15, 0.2) is 23.1 Å². The lowest BCUT2D eigenvalue weighted by molar-refractivity contribution is -0.141. The number of carbonyl (C=O) groups is 2. The van der Waals surface area contributed by atoms with Gasteiger partial charge in [0.25, 0.3) is 0 Å². The number of carboxylic acids is 2. The summed E-state index contributed by atoms with van der Waals surface area (Å²) in [7, 11) is -4.42. The highest BCUT2D eigenvalue weighted by atomic mass is 35.5. The molecular formula is C11H12ClNO7S. The summed E-state index contributed by atoms with van der Waals surface area (Å²) in [4.78, 5) is 21.1. The number of halogens is 1. The van der Waals surface area contributed by atoms with Crippen LogP contribution in [-0.4, -0.2) is 47.8 Å². The molecule has 0 saturated heterocycles. The minimum absolute atomic E-state index is 0.276. The molecule has 116 valence electrons. The van der Waals surface area contributed by atoms with Crippen LogP contribution in [0.3, 0.4) is 0 Å². The summed E-state index contributed by atoms with van der Waals surface area (Å²) in [5.74, 6) is -2.95. The van der Waals surface area contributed by atoms with E-state index in [2.05, 4.69) is 0 Å². The molecule has 1 aromatic carbocycles. The summed E-state index contributed by atoms with van der Waals surface area (Å²) in [6.45, 7) is 1.09. The molecule has 0 unspecified atom stereocenters. The van der Waals surface area contributed by atoms with E-state index < -0.39 is 39.0 Å². The van der Waals surface area contributed by atoms with Crippen molar-refractivity contribution in [2.45, 2.75) is 24.0 Å². The second-order valence-corrected chi connectivity index (χ2v) is 6.22. The van der Waals surface area contributed by atoms with Gasteiger partial charge in [-0.1, -0.05) is 11.6 Å². The topological polar surface area (TPSA) is 141 Å². The highest BCUT2D eigenvalue weighted by Gasteiger charge is 2.30. The summed E-state index contributed by atoms with van der Waals surface area (Å²) >= 11 is 5.71. The van der Waals surface area contributed by atoms with E-state index in [1.54, 1.807) is 4.72 Å². The number of aliphatic carboxylic acids is 1. The molecule has 0 aliphatic carbocycles. The van der Waals surface area contributed by atoms with Crippen molar-refractivity contribution in [1.82, 2.24) is 4.72 Å². The third-order valence-corrected chi connectivity index (χ3v) is 4.42. The largest absolute Gasteiger partial charge is 0.480 e. The molecule has 0 saturated carbocycles. The Kier molecular flexibility index (Phi) is 5.29. The van der Waals surface area contributed by atoms with Crippen LogP contribution in [0.25, 0.3) is 0 Å². The lowest BCUT2D eigenvalue weighted by atomic mass is 10.2. The smallest absolute Gasteiger partial charge is 0.335 e. The number of hydrogen-bond donors (Lipinski definition) is 4. The number of aliphatic hydroxyl groups excluding tert-OH is 1. The number of nitrogens with one attached hydrogen (secondary N) is 1. The van der Waals surface area contributed by atoms with E-state index in [0.717, 1.165) is 25.1 Å². The van der Waals surface area contributed by atoms with Gasteiger partial charge in [-0.2, -0.15) is 4.72 Å². The fourth-order valence-corrected chi connectivity index (χ4v) is 3.22. The molecule has 1 rings (SSSR count). The predicted molar refractivity (Wildman–Crippen MR) is 71.8 cm³/mol. The van der Waals surface area contributed by atoms with E-state index in [9.17, 15) is 23.1 Å². The van der Waals surface area contributed by atoms with Crippen molar-refractivity contribution in [2.75, 3.05) is 0 Å². The zero-order valence-corrected chi connectivity index (χ0v) is 12.2. The third kappa shape index (κ3) is 4.14. The van der Waals surface area contributed by atoms with E-state index in [1.165, 1.54) is 0 Å². The quantitative estimate of drug-likeness (QED) is 0.579. The van der Waals surface area contributed by atoms with Gasteiger partial charge in [0.1, 0.15) is 10.9 Å². The standard InChI is InChI=1S/C11H12ClNO7S/c1-5(14)9(11(17)18)13-21(19,20)8-4-6(10(15)16)2-3-7(8)12/h2-5,9,13-14H,1H3,(H,15,16)(H,17,18)/t5-,9+/m1/s1. The highest BCUT2D eigenvalue weighted by molar-refractivity contribution is 7.89. The van der Waals surface area contributed by atoms with Crippen LogP contribution in [-0.2, 0) is 14.8 Å². The van der Waals surface area contributed by atoms with Crippen molar-refractivity contribution in [2.24, 2.45) is 0 Å². The summed E-state index contributed by atoms with van der Waals surface area (Å²) in [6, 6.07) is 1.18. The first-order chi connectivity index (χ1) is 9.56. The molecule has 0 aromatic heterocycles. The summed E-state index contributed by atoms with van der Waals surface area (Å²) in [6.07, 6.45) is -1.50. The van der Waals surface area contributed by atoms with E-state index in [-0.39, 0.29) is 10.6 Å². The second kappa shape index (κ2) is 6.39. The van der Waals surface area contributed by atoms with Gasteiger partial charge in [0, 0.05) is 0 Å². The highest BCUT2D eigenvalue weighted by Crippen LogP contribution is 2.23. The normalized spacial score (nSPS) is 14.4. The van der Waals surface area contributed by atoms with Gasteiger partial charge >= 0.3 is 11.9 Å². The first kappa shape index (κ1) is 17.4. The van der Waals surface area contributed by atoms with Crippen LogP contribution in [0.2, 0.25) is 5.02 Å². The maximum Gasteiger partial charge on any atom is 0.335 e. The minimum Gasteiger partial charge on any atom is -0.480 e. The van der Waals surface area contributed by atoms with Crippen molar-refractivity contribution >= 4 is 33.6 Å². The number of aliphatic hydroxyl groups is 1. The molecule has 0 aliphatic rings. The van der Waals surface area contributed by atoms with Crippen molar-refractivity contribution in [3.63, 3.8) is 0 Å². The lowest BCUT2D eigenvalue weighted by Gasteiger charge is -2.17. The van der Waals surface area contributed by atoms with Crippen molar-refractivity contribution < 1.29 is 33.3 Å². The lowest BCUT2D eigenvalue weighted by Crippen LogP contribution is -2.47. The monoisotopic (exact) mass is 337 g/mol. The van der Waals surface area contributed by atoms with E-state index in [0.29, 0.717) is 0 Å². The molecule has 2 atom stereocenters. The molecule has 10 heteroatoms. The van der Waals surface area contributed by atoms with Crippen molar-refractivity contribution in [3.05, 3.63) is 28.8 Å². The molecule has 0 amide bonds. The van der Waals surface area contributed by atoms with Gasteiger partial charge in [-0.25, -0.2) is 13.2 Å². The van der Waals surface area contributed by atoms with Crippen LogP contribution < -0.4 is 4.72 Å². The molecule has 0 heterocycles. The average Bonchev–Trinajstić information content (AvgIpc) is 2.35.